The molecule has 0 spiro atoms. The van der Waals surface area contributed by atoms with E-state index in [4.69, 9.17) is 0 Å². The maximum Gasteiger partial charge on any atom is 0.0521 e. The summed E-state index contributed by atoms with van der Waals surface area (Å²) in [6.07, 6.45) is 9.37. The molecule has 1 saturated heterocycles. The first kappa shape index (κ1) is 9.71. The van der Waals surface area contributed by atoms with Gasteiger partial charge in [0, 0.05) is 13.2 Å². The van der Waals surface area contributed by atoms with Crippen LogP contribution < -0.4 is 5.32 Å². The molecule has 1 N–H and O–H groups in total. The van der Waals surface area contributed by atoms with E-state index in [1.165, 1.54) is 44.3 Å². The predicted octanol–water partition coefficient (Wildman–Crippen LogP) is 1.35. The molecular weight excluding hydrogens is 174 g/mol. The van der Waals surface area contributed by atoms with E-state index in [0.29, 0.717) is 0 Å². The van der Waals surface area contributed by atoms with Gasteiger partial charge in [-0.3, -0.25) is 4.68 Å². The Hall–Kier alpha value is -0.830. The van der Waals surface area contributed by atoms with Gasteiger partial charge in [0.1, 0.15) is 0 Å². The van der Waals surface area contributed by atoms with Crippen LogP contribution in [0.15, 0.2) is 12.4 Å². The number of nitrogens with zero attached hydrogens (tertiary/aromatic N) is 2. The molecule has 1 aliphatic rings. The molecule has 0 amide bonds. The van der Waals surface area contributed by atoms with Crippen molar-refractivity contribution in [1.82, 2.24) is 15.1 Å². The van der Waals surface area contributed by atoms with Gasteiger partial charge in [0.2, 0.25) is 0 Å². The van der Waals surface area contributed by atoms with Crippen LogP contribution in [0, 0.1) is 5.92 Å². The van der Waals surface area contributed by atoms with Gasteiger partial charge in [0.25, 0.3) is 0 Å². The van der Waals surface area contributed by atoms with Gasteiger partial charge < -0.3 is 5.32 Å². The standard InChI is InChI=1S/C11H19N3/c1-14-9-11(8-13-14)6-10-4-2-3-5-12-7-10/h8-10,12H,2-7H2,1H3. The third-order valence-electron chi connectivity index (χ3n) is 2.93. The highest BCUT2D eigenvalue weighted by Gasteiger charge is 2.12. The van der Waals surface area contributed by atoms with Crippen LogP contribution in [0.1, 0.15) is 24.8 Å². The molecule has 3 nitrogen and oxygen atoms in total. The molecule has 1 atom stereocenters. The Morgan fingerprint density at radius 3 is 3.29 bits per heavy atom. The largest absolute Gasteiger partial charge is 0.316 e. The minimum atomic E-state index is 0.807. The van der Waals surface area contributed by atoms with E-state index in [2.05, 4.69) is 16.6 Å². The molecule has 1 aliphatic heterocycles. The Labute approximate surface area is 85.5 Å². The summed E-state index contributed by atoms with van der Waals surface area (Å²) in [7, 11) is 1.98. The zero-order valence-electron chi connectivity index (χ0n) is 8.87. The summed E-state index contributed by atoms with van der Waals surface area (Å²) in [5.41, 5.74) is 1.38. The van der Waals surface area contributed by atoms with Crippen molar-refractivity contribution in [2.45, 2.75) is 25.7 Å². The number of hydrogen-bond acceptors (Lipinski definition) is 2. The molecular formula is C11H19N3. The minimum Gasteiger partial charge on any atom is -0.316 e. The molecule has 0 aromatic carbocycles. The maximum absolute atomic E-state index is 4.20. The van der Waals surface area contributed by atoms with E-state index in [1.807, 2.05) is 17.9 Å². The fourth-order valence-electron chi connectivity index (χ4n) is 2.18. The molecule has 0 saturated carbocycles. The van der Waals surface area contributed by atoms with Crippen LogP contribution in [-0.2, 0) is 13.5 Å². The normalized spacial score (nSPS) is 23.4. The van der Waals surface area contributed by atoms with Gasteiger partial charge in [-0.1, -0.05) is 6.42 Å². The molecule has 78 valence electrons. The van der Waals surface area contributed by atoms with Crippen LogP contribution >= 0.6 is 0 Å². The van der Waals surface area contributed by atoms with Gasteiger partial charge in [0.15, 0.2) is 0 Å². The summed E-state index contributed by atoms with van der Waals surface area (Å²) < 4.78 is 1.89. The average molecular weight is 193 g/mol. The van der Waals surface area contributed by atoms with E-state index >= 15 is 0 Å². The summed E-state index contributed by atoms with van der Waals surface area (Å²) in [4.78, 5) is 0. The van der Waals surface area contributed by atoms with Gasteiger partial charge in [-0.05, 0) is 43.8 Å². The average Bonchev–Trinajstić information content (AvgIpc) is 2.43. The lowest BCUT2D eigenvalue weighted by Gasteiger charge is -2.12. The van der Waals surface area contributed by atoms with Crippen molar-refractivity contribution in [1.29, 1.82) is 0 Å². The van der Waals surface area contributed by atoms with Gasteiger partial charge in [-0.15, -0.1) is 0 Å². The first-order chi connectivity index (χ1) is 6.84. The monoisotopic (exact) mass is 193 g/mol. The van der Waals surface area contributed by atoms with E-state index < -0.39 is 0 Å². The van der Waals surface area contributed by atoms with E-state index in [9.17, 15) is 0 Å². The van der Waals surface area contributed by atoms with E-state index in [-0.39, 0.29) is 0 Å². The second-order valence-corrected chi connectivity index (χ2v) is 4.29. The zero-order chi connectivity index (χ0) is 9.80. The van der Waals surface area contributed by atoms with Crippen molar-refractivity contribution >= 4 is 0 Å². The maximum atomic E-state index is 4.20. The smallest absolute Gasteiger partial charge is 0.0521 e. The summed E-state index contributed by atoms with van der Waals surface area (Å²) in [6.45, 7) is 2.37. The van der Waals surface area contributed by atoms with Crippen LogP contribution in [0.4, 0.5) is 0 Å². The van der Waals surface area contributed by atoms with Crippen LogP contribution in [0.2, 0.25) is 0 Å². The summed E-state index contributed by atoms with van der Waals surface area (Å²) in [5, 5.41) is 7.70. The SMILES string of the molecule is Cn1cc(CC2CCCCNC2)cn1. The van der Waals surface area contributed by atoms with Crippen molar-refractivity contribution in [2.75, 3.05) is 13.1 Å². The van der Waals surface area contributed by atoms with Crippen molar-refractivity contribution in [3.8, 4) is 0 Å². The highest BCUT2D eigenvalue weighted by Crippen LogP contribution is 2.16. The van der Waals surface area contributed by atoms with Gasteiger partial charge in [0.05, 0.1) is 6.20 Å². The van der Waals surface area contributed by atoms with Crippen LogP contribution in [-0.4, -0.2) is 22.9 Å². The molecule has 14 heavy (non-hydrogen) atoms. The molecule has 1 unspecified atom stereocenters. The molecule has 3 heteroatoms. The molecule has 2 heterocycles. The van der Waals surface area contributed by atoms with Crippen molar-refractivity contribution in [3.05, 3.63) is 18.0 Å². The number of rotatable bonds is 2. The molecule has 1 fully saturated rings. The third-order valence-corrected chi connectivity index (χ3v) is 2.93. The quantitative estimate of drug-likeness (QED) is 0.768. The fraction of sp³-hybridized carbons (Fsp3) is 0.727. The first-order valence-electron chi connectivity index (χ1n) is 5.53. The highest BCUT2D eigenvalue weighted by atomic mass is 15.2. The zero-order valence-corrected chi connectivity index (χ0v) is 8.87. The topological polar surface area (TPSA) is 29.9 Å². The lowest BCUT2D eigenvalue weighted by Crippen LogP contribution is -2.21. The third kappa shape index (κ3) is 2.58. The Morgan fingerprint density at radius 1 is 1.57 bits per heavy atom. The Balaban J connectivity index is 1.89. The van der Waals surface area contributed by atoms with Gasteiger partial charge in [-0.25, -0.2) is 0 Å². The second-order valence-electron chi connectivity index (χ2n) is 4.29. The molecule has 1 aromatic heterocycles. The Bertz CT molecular complexity index is 272. The molecule has 0 radical (unpaired) electrons. The van der Waals surface area contributed by atoms with Gasteiger partial charge >= 0.3 is 0 Å². The Morgan fingerprint density at radius 2 is 2.50 bits per heavy atom. The Kier molecular flexibility index (Phi) is 3.19. The number of aryl methyl sites for hydroxylation is 1. The van der Waals surface area contributed by atoms with Crippen LogP contribution in [0.25, 0.3) is 0 Å². The number of aromatic nitrogens is 2. The van der Waals surface area contributed by atoms with Gasteiger partial charge in [-0.2, -0.15) is 5.10 Å². The number of nitrogens with one attached hydrogen (secondary N) is 1. The van der Waals surface area contributed by atoms with E-state index in [0.717, 1.165) is 5.92 Å². The second kappa shape index (κ2) is 4.60. The lowest BCUT2D eigenvalue weighted by molar-refractivity contribution is 0.477. The molecule has 0 bridgehead atoms. The highest BCUT2D eigenvalue weighted by molar-refractivity contribution is 5.05. The molecule has 1 aromatic rings. The number of hydrogen-bond donors (Lipinski definition) is 1. The van der Waals surface area contributed by atoms with Crippen molar-refractivity contribution < 1.29 is 0 Å². The lowest BCUT2D eigenvalue weighted by atomic mass is 9.97. The summed E-state index contributed by atoms with van der Waals surface area (Å²) >= 11 is 0. The van der Waals surface area contributed by atoms with Crippen molar-refractivity contribution in [3.63, 3.8) is 0 Å². The summed E-state index contributed by atoms with van der Waals surface area (Å²) in [5.74, 6) is 0.807. The van der Waals surface area contributed by atoms with Crippen LogP contribution in [0.3, 0.4) is 0 Å². The van der Waals surface area contributed by atoms with E-state index in [1.54, 1.807) is 0 Å². The fourth-order valence-corrected chi connectivity index (χ4v) is 2.18. The molecule has 0 aliphatic carbocycles. The molecule has 2 rings (SSSR count). The minimum absolute atomic E-state index is 0.807. The predicted molar refractivity (Wildman–Crippen MR) is 57.1 cm³/mol. The van der Waals surface area contributed by atoms with Crippen molar-refractivity contribution in [2.24, 2.45) is 13.0 Å². The van der Waals surface area contributed by atoms with Crippen LogP contribution in [0.5, 0.6) is 0 Å². The summed E-state index contributed by atoms with van der Waals surface area (Å²) in [6, 6.07) is 0. The first-order valence-corrected chi connectivity index (χ1v) is 5.53.